The highest BCUT2D eigenvalue weighted by atomic mass is 16.4. The van der Waals surface area contributed by atoms with E-state index in [-0.39, 0.29) is 12.1 Å². The van der Waals surface area contributed by atoms with Crippen molar-refractivity contribution in [1.82, 2.24) is 9.47 Å². The number of hydrogen-bond donors (Lipinski definition) is 1. The Morgan fingerprint density at radius 3 is 2.56 bits per heavy atom. The molecule has 0 aliphatic carbocycles. The maximum atomic E-state index is 12.5. The molecule has 1 heterocycles. The summed E-state index contributed by atoms with van der Waals surface area (Å²) in [7, 11) is 3.39. The number of aryl methyl sites for hydroxylation is 2. The van der Waals surface area contributed by atoms with Gasteiger partial charge in [0.1, 0.15) is 0 Å². The number of oxazole rings is 1. The van der Waals surface area contributed by atoms with Crippen LogP contribution in [0, 0.1) is 6.92 Å². The first kappa shape index (κ1) is 16.8. The number of hydrogen-bond acceptors (Lipinski definition) is 3. The number of nitrogens with zero attached hydrogens (tertiary/aromatic N) is 2. The molecule has 6 nitrogen and oxygen atoms in total. The number of fused-ring (bicyclic) bond motifs is 1. The van der Waals surface area contributed by atoms with Crippen LogP contribution < -0.4 is 11.1 Å². The van der Waals surface area contributed by atoms with E-state index in [0.29, 0.717) is 16.8 Å². The number of carbonyl (C=O) groups excluding carboxylic acids is 1. The van der Waals surface area contributed by atoms with Gasteiger partial charge < -0.3 is 14.6 Å². The van der Waals surface area contributed by atoms with Crippen molar-refractivity contribution in [3.63, 3.8) is 0 Å². The topological polar surface area (TPSA) is 67.5 Å². The summed E-state index contributed by atoms with van der Waals surface area (Å²) in [5, 5.41) is 2.86. The molecule has 1 aromatic heterocycles. The summed E-state index contributed by atoms with van der Waals surface area (Å²) in [6.45, 7) is 4.01. The number of rotatable bonds is 3. The van der Waals surface area contributed by atoms with Crippen LogP contribution in [-0.2, 0) is 7.05 Å². The fourth-order valence-corrected chi connectivity index (χ4v) is 2.66. The Morgan fingerprint density at radius 2 is 1.88 bits per heavy atom. The van der Waals surface area contributed by atoms with Gasteiger partial charge in [0, 0.05) is 19.8 Å². The van der Waals surface area contributed by atoms with Gasteiger partial charge in [0.15, 0.2) is 5.58 Å². The zero-order chi connectivity index (χ0) is 18.1. The van der Waals surface area contributed by atoms with Gasteiger partial charge in [-0.1, -0.05) is 29.8 Å². The number of anilines is 1. The van der Waals surface area contributed by atoms with Crippen molar-refractivity contribution in [1.29, 1.82) is 0 Å². The predicted octanol–water partition coefficient (Wildman–Crippen LogP) is 3.66. The molecule has 3 aromatic rings. The van der Waals surface area contributed by atoms with Gasteiger partial charge in [-0.2, -0.15) is 0 Å². The molecule has 0 aliphatic rings. The Hall–Kier alpha value is -3.02. The van der Waals surface area contributed by atoms with E-state index >= 15 is 0 Å². The van der Waals surface area contributed by atoms with E-state index in [1.54, 1.807) is 37.2 Å². The molecule has 0 unspecified atom stereocenters. The Balaban J connectivity index is 1.77. The van der Waals surface area contributed by atoms with Gasteiger partial charge in [-0.3, -0.25) is 4.57 Å². The van der Waals surface area contributed by atoms with Crippen LogP contribution in [0.25, 0.3) is 11.1 Å². The highest BCUT2D eigenvalue weighted by molar-refractivity contribution is 5.91. The molecule has 0 saturated heterocycles. The molecule has 0 aliphatic heterocycles. The van der Waals surface area contributed by atoms with Crippen molar-refractivity contribution in [3.8, 4) is 0 Å². The molecule has 0 fully saturated rings. The fraction of sp³-hybridized carbons (Fsp3) is 0.263. The highest BCUT2D eigenvalue weighted by Gasteiger charge is 2.18. The SMILES string of the molecule is Cc1ccc([C@@H](C)N(C)C(=O)Nc2ccc3oc(=O)n(C)c3c2)cc1. The lowest BCUT2D eigenvalue weighted by Crippen LogP contribution is -2.33. The van der Waals surface area contributed by atoms with Gasteiger partial charge in [0.25, 0.3) is 0 Å². The number of aromatic nitrogens is 1. The third-order valence-electron chi connectivity index (χ3n) is 4.50. The lowest BCUT2D eigenvalue weighted by molar-refractivity contribution is 0.208. The van der Waals surface area contributed by atoms with Gasteiger partial charge in [-0.25, -0.2) is 9.59 Å². The average Bonchev–Trinajstić information content (AvgIpc) is 2.88. The zero-order valence-electron chi connectivity index (χ0n) is 14.7. The van der Waals surface area contributed by atoms with Crippen molar-refractivity contribution in [2.45, 2.75) is 19.9 Å². The molecule has 0 bridgehead atoms. The summed E-state index contributed by atoms with van der Waals surface area (Å²) < 4.78 is 6.50. The minimum absolute atomic E-state index is 0.0670. The van der Waals surface area contributed by atoms with Crippen LogP contribution in [0.5, 0.6) is 0 Å². The largest absolute Gasteiger partial charge is 0.419 e. The quantitative estimate of drug-likeness (QED) is 0.792. The second-order valence-corrected chi connectivity index (χ2v) is 6.24. The third-order valence-corrected chi connectivity index (χ3v) is 4.50. The van der Waals surface area contributed by atoms with E-state index in [1.807, 2.05) is 38.1 Å². The first-order valence-electron chi connectivity index (χ1n) is 8.07. The van der Waals surface area contributed by atoms with E-state index in [0.717, 1.165) is 5.56 Å². The molecule has 1 atom stereocenters. The van der Waals surface area contributed by atoms with Crippen molar-refractivity contribution < 1.29 is 9.21 Å². The molecule has 6 heteroatoms. The third kappa shape index (κ3) is 3.28. The number of urea groups is 1. The van der Waals surface area contributed by atoms with Crippen molar-refractivity contribution in [2.24, 2.45) is 7.05 Å². The molecule has 130 valence electrons. The van der Waals surface area contributed by atoms with Gasteiger partial charge in [-0.05, 0) is 37.6 Å². The Kier molecular flexibility index (Phi) is 4.35. The van der Waals surface area contributed by atoms with Crippen LogP contribution in [-0.4, -0.2) is 22.5 Å². The molecular formula is C19H21N3O3. The molecule has 0 spiro atoms. The van der Waals surface area contributed by atoms with Gasteiger partial charge in [-0.15, -0.1) is 0 Å². The summed E-state index contributed by atoms with van der Waals surface area (Å²) in [4.78, 5) is 25.7. The number of nitrogens with one attached hydrogen (secondary N) is 1. The van der Waals surface area contributed by atoms with E-state index in [9.17, 15) is 9.59 Å². The molecule has 25 heavy (non-hydrogen) atoms. The molecular weight excluding hydrogens is 318 g/mol. The molecule has 2 aromatic carbocycles. The Morgan fingerprint density at radius 1 is 1.20 bits per heavy atom. The van der Waals surface area contributed by atoms with E-state index in [4.69, 9.17) is 4.42 Å². The van der Waals surface area contributed by atoms with Gasteiger partial charge in [0.2, 0.25) is 0 Å². The molecule has 0 saturated carbocycles. The molecule has 3 rings (SSSR count). The summed E-state index contributed by atoms with van der Waals surface area (Å²) in [5.74, 6) is -0.427. The van der Waals surface area contributed by atoms with Gasteiger partial charge in [0.05, 0.1) is 11.6 Å². The van der Waals surface area contributed by atoms with Crippen LogP contribution in [0.1, 0.15) is 24.1 Å². The van der Waals surface area contributed by atoms with Crippen LogP contribution in [0.15, 0.2) is 51.7 Å². The van der Waals surface area contributed by atoms with Crippen LogP contribution in [0.4, 0.5) is 10.5 Å². The van der Waals surface area contributed by atoms with Crippen LogP contribution in [0.3, 0.4) is 0 Å². The Bertz CT molecular complexity index is 970. The second-order valence-electron chi connectivity index (χ2n) is 6.24. The van der Waals surface area contributed by atoms with Crippen molar-refractivity contribution in [3.05, 3.63) is 64.1 Å². The number of benzene rings is 2. The lowest BCUT2D eigenvalue weighted by atomic mass is 10.1. The fourth-order valence-electron chi connectivity index (χ4n) is 2.66. The molecule has 1 N–H and O–H groups in total. The second kappa shape index (κ2) is 6.47. The van der Waals surface area contributed by atoms with Crippen molar-refractivity contribution >= 4 is 22.8 Å². The van der Waals surface area contributed by atoms with Crippen LogP contribution in [0.2, 0.25) is 0 Å². The standard InChI is InChI=1S/C19H21N3O3/c1-12-5-7-14(8-6-12)13(2)21(3)18(23)20-15-9-10-17-16(11-15)22(4)19(24)25-17/h5-11,13H,1-4H3,(H,20,23)/t13-/m1/s1. The first-order chi connectivity index (χ1) is 11.9. The summed E-state index contributed by atoms with van der Waals surface area (Å²) >= 11 is 0. The summed E-state index contributed by atoms with van der Waals surface area (Å²) in [6, 6.07) is 12.9. The first-order valence-corrected chi connectivity index (χ1v) is 8.07. The Labute approximate surface area is 145 Å². The van der Waals surface area contributed by atoms with E-state index in [2.05, 4.69) is 5.32 Å². The smallest absolute Gasteiger partial charge is 0.408 e. The molecule has 0 radical (unpaired) electrons. The predicted molar refractivity (Wildman–Crippen MR) is 97.8 cm³/mol. The maximum Gasteiger partial charge on any atom is 0.419 e. The van der Waals surface area contributed by atoms with Gasteiger partial charge >= 0.3 is 11.8 Å². The van der Waals surface area contributed by atoms with E-state index in [1.165, 1.54) is 10.1 Å². The highest BCUT2D eigenvalue weighted by Crippen LogP contribution is 2.22. The van der Waals surface area contributed by atoms with Crippen molar-refractivity contribution in [2.75, 3.05) is 12.4 Å². The summed E-state index contributed by atoms with van der Waals surface area (Å²) in [5.41, 5.74) is 3.98. The number of carbonyl (C=O) groups is 1. The number of amides is 2. The maximum absolute atomic E-state index is 12.5. The van der Waals surface area contributed by atoms with Crippen LogP contribution >= 0.6 is 0 Å². The minimum atomic E-state index is -0.427. The van der Waals surface area contributed by atoms with E-state index < -0.39 is 5.76 Å². The zero-order valence-corrected chi connectivity index (χ0v) is 14.7. The molecule has 2 amide bonds. The monoisotopic (exact) mass is 339 g/mol. The summed E-state index contributed by atoms with van der Waals surface area (Å²) in [6.07, 6.45) is 0. The normalized spacial score (nSPS) is 12.2. The minimum Gasteiger partial charge on any atom is -0.408 e. The average molecular weight is 339 g/mol. The lowest BCUT2D eigenvalue weighted by Gasteiger charge is -2.25.